The summed E-state index contributed by atoms with van der Waals surface area (Å²) in [6.45, 7) is 8.00. The molecule has 1 aliphatic rings. The van der Waals surface area contributed by atoms with E-state index in [1.165, 1.54) is 6.20 Å². The van der Waals surface area contributed by atoms with Gasteiger partial charge in [0.2, 0.25) is 0 Å². The van der Waals surface area contributed by atoms with E-state index in [0.29, 0.717) is 19.2 Å². The van der Waals surface area contributed by atoms with Crippen molar-refractivity contribution >= 4 is 5.82 Å². The van der Waals surface area contributed by atoms with Crippen molar-refractivity contribution in [2.75, 3.05) is 31.2 Å². The molecule has 0 radical (unpaired) electrons. The monoisotopic (exact) mass is 267 g/mol. The van der Waals surface area contributed by atoms with Gasteiger partial charge in [0.25, 0.3) is 0 Å². The molecule has 1 aromatic rings. The second-order valence-corrected chi connectivity index (χ2v) is 5.12. The van der Waals surface area contributed by atoms with E-state index in [2.05, 4.69) is 29.0 Å². The Morgan fingerprint density at radius 3 is 3.05 bits per heavy atom. The van der Waals surface area contributed by atoms with E-state index in [9.17, 15) is 4.39 Å². The number of rotatable bonds is 4. The topological polar surface area (TPSA) is 37.4 Å². The van der Waals surface area contributed by atoms with Gasteiger partial charge < -0.3 is 15.0 Å². The van der Waals surface area contributed by atoms with Gasteiger partial charge in [-0.15, -0.1) is 0 Å². The third kappa shape index (κ3) is 4.14. The van der Waals surface area contributed by atoms with Crippen LogP contribution in [-0.4, -0.2) is 37.3 Å². The molecule has 1 saturated heterocycles. The van der Waals surface area contributed by atoms with Crippen LogP contribution in [0.5, 0.6) is 0 Å². The Balaban J connectivity index is 2.17. The maximum absolute atomic E-state index is 13.4. The third-order valence-corrected chi connectivity index (χ3v) is 3.13. The summed E-state index contributed by atoms with van der Waals surface area (Å²) >= 11 is 0. The van der Waals surface area contributed by atoms with Gasteiger partial charge in [0, 0.05) is 37.8 Å². The van der Waals surface area contributed by atoms with Crippen LogP contribution >= 0.6 is 0 Å². The second kappa shape index (κ2) is 6.82. The number of aromatic nitrogens is 1. The number of anilines is 1. The summed E-state index contributed by atoms with van der Waals surface area (Å²) in [7, 11) is 0. The number of pyridine rings is 1. The van der Waals surface area contributed by atoms with Crippen LogP contribution in [0.2, 0.25) is 0 Å². The van der Waals surface area contributed by atoms with E-state index in [4.69, 9.17) is 4.74 Å². The lowest BCUT2D eigenvalue weighted by Crippen LogP contribution is -2.30. The third-order valence-electron chi connectivity index (χ3n) is 3.13. The minimum atomic E-state index is -0.282. The van der Waals surface area contributed by atoms with Crippen LogP contribution in [-0.2, 0) is 11.3 Å². The number of nitrogens with one attached hydrogen (secondary N) is 1. The van der Waals surface area contributed by atoms with Gasteiger partial charge in [-0.2, -0.15) is 0 Å². The normalized spacial score (nSPS) is 16.7. The Labute approximate surface area is 114 Å². The maximum atomic E-state index is 13.4. The van der Waals surface area contributed by atoms with Crippen LogP contribution in [0, 0.1) is 5.82 Å². The Bertz CT molecular complexity index is 404. The molecular formula is C14H22FN3O. The van der Waals surface area contributed by atoms with Gasteiger partial charge in [-0.05, 0) is 12.5 Å². The lowest BCUT2D eigenvalue weighted by molar-refractivity contribution is 0.152. The van der Waals surface area contributed by atoms with Gasteiger partial charge in [-0.1, -0.05) is 13.8 Å². The van der Waals surface area contributed by atoms with Gasteiger partial charge >= 0.3 is 0 Å². The van der Waals surface area contributed by atoms with Crippen molar-refractivity contribution < 1.29 is 9.13 Å². The highest BCUT2D eigenvalue weighted by molar-refractivity contribution is 5.47. The maximum Gasteiger partial charge on any atom is 0.141 e. The van der Waals surface area contributed by atoms with Crippen LogP contribution in [0.4, 0.5) is 10.2 Å². The number of nitrogens with zero attached hydrogens (tertiary/aromatic N) is 2. The van der Waals surface area contributed by atoms with Gasteiger partial charge in [0.05, 0.1) is 12.8 Å². The molecule has 1 fully saturated rings. The molecule has 5 heteroatoms. The van der Waals surface area contributed by atoms with Crippen molar-refractivity contribution in [3.8, 4) is 0 Å². The highest BCUT2D eigenvalue weighted by atomic mass is 19.1. The molecule has 106 valence electrons. The summed E-state index contributed by atoms with van der Waals surface area (Å²) < 4.78 is 18.8. The quantitative estimate of drug-likeness (QED) is 0.904. The molecule has 1 N–H and O–H groups in total. The fraction of sp³-hybridized carbons (Fsp3) is 0.643. The fourth-order valence-corrected chi connectivity index (χ4v) is 2.16. The predicted octanol–water partition coefficient (Wildman–Crippen LogP) is 1.95. The van der Waals surface area contributed by atoms with Crippen molar-refractivity contribution in [3.05, 3.63) is 23.6 Å². The first-order valence-electron chi connectivity index (χ1n) is 6.87. The summed E-state index contributed by atoms with van der Waals surface area (Å²) in [5, 5.41) is 3.32. The molecule has 1 aromatic heterocycles. The van der Waals surface area contributed by atoms with Gasteiger partial charge in [0.1, 0.15) is 11.6 Å². The Morgan fingerprint density at radius 1 is 1.42 bits per heavy atom. The molecule has 0 unspecified atom stereocenters. The molecule has 1 aliphatic heterocycles. The van der Waals surface area contributed by atoms with Crippen molar-refractivity contribution in [1.29, 1.82) is 0 Å². The van der Waals surface area contributed by atoms with Gasteiger partial charge in [-0.25, -0.2) is 9.37 Å². The average Bonchev–Trinajstić information content (AvgIpc) is 2.65. The summed E-state index contributed by atoms with van der Waals surface area (Å²) in [6, 6.07) is 1.94. The Kier molecular flexibility index (Phi) is 5.10. The van der Waals surface area contributed by atoms with E-state index < -0.39 is 0 Å². The van der Waals surface area contributed by atoms with Crippen LogP contribution < -0.4 is 10.2 Å². The summed E-state index contributed by atoms with van der Waals surface area (Å²) in [4.78, 5) is 6.46. The first-order chi connectivity index (χ1) is 9.16. The predicted molar refractivity (Wildman–Crippen MR) is 73.8 cm³/mol. The Hall–Kier alpha value is -1.20. The molecule has 0 amide bonds. The van der Waals surface area contributed by atoms with Crippen LogP contribution in [0.3, 0.4) is 0 Å². The van der Waals surface area contributed by atoms with E-state index >= 15 is 0 Å². The molecule has 4 nitrogen and oxygen atoms in total. The highest BCUT2D eigenvalue weighted by Crippen LogP contribution is 2.20. The van der Waals surface area contributed by atoms with Crippen molar-refractivity contribution in [3.63, 3.8) is 0 Å². The van der Waals surface area contributed by atoms with E-state index in [1.54, 1.807) is 6.07 Å². The lowest BCUT2D eigenvalue weighted by Gasteiger charge is -2.24. The minimum Gasteiger partial charge on any atom is -0.380 e. The van der Waals surface area contributed by atoms with Crippen molar-refractivity contribution in [2.24, 2.45) is 0 Å². The van der Waals surface area contributed by atoms with Crippen LogP contribution in [0.1, 0.15) is 25.8 Å². The zero-order valence-electron chi connectivity index (χ0n) is 11.7. The van der Waals surface area contributed by atoms with Crippen LogP contribution in [0.25, 0.3) is 0 Å². The van der Waals surface area contributed by atoms with Crippen LogP contribution in [0.15, 0.2) is 12.3 Å². The molecule has 2 heterocycles. The molecule has 0 atom stereocenters. The molecule has 2 rings (SSSR count). The van der Waals surface area contributed by atoms with Gasteiger partial charge in [-0.3, -0.25) is 0 Å². The molecule has 0 saturated carbocycles. The number of ether oxygens (including phenoxy) is 1. The average molecular weight is 267 g/mol. The smallest absolute Gasteiger partial charge is 0.141 e. The fourth-order valence-electron chi connectivity index (χ4n) is 2.16. The zero-order valence-corrected chi connectivity index (χ0v) is 11.7. The second-order valence-electron chi connectivity index (χ2n) is 5.12. The summed E-state index contributed by atoms with van der Waals surface area (Å²) in [5.74, 6) is 0.593. The highest BCUT2D eigenvalue weighted by Gasteiger charge is 2.16. The minimum absolute atomic E-state index is 0.282. The molecular weight excluding hydrogens is 245 g/mol. The molecule has 0 aliphatic carbocycles. The largest absolute Gasteiger partial charge is 0.380 e. The van der Waals surface area contributed by atoms with E-state index in [-0.39, 0.29) is 5.82 Å². The number of halogens is 1. The SMILES string of the molecule is CC(C)NCc1cc(F)cnc1N1CCCOCC1. The van der Waals surface area contributed by atoms with Gasteiger partial charge in [0.15, 0.2) is 0 Å². The first-order valence-corrected chi connectivity index (χ1v) is 6.87. The Morgan fingerprint density at radius 2 is 2.26 bits per heavy atom. The lowest BCUT2D eigenvalue weighted by atomic mass is 10.2. The number of hydrogen-bond donors (Lipinski definition) is 1. The summed E-state index contributed by atoms with van der Waals surface area (Å²) in [5.41, 5.74) is 0.913. The zero-order chi connectivity index (χ0) is 13.7. The number of hydrogen-bond acceptors (Lipinski definition) is 4. The van der Waals surface area contributed by atoms with E-state index in [0.717, 1.165) is 37.5 Å². The molecule has 0 aromatic carbocycles. The first kappa shape index (κ1) is 14.2. The molecule has 19 heavy (non-hydrogen) atoms. The van der Waals surface area contributed by atoms with Crippen molar-refractivity contribution in [2.45, 2.75) is 32.9 Å². The van der Waals surface area contributed by atoms with E-state index in [1.807, 2.05) is 0 Å². The standard InChI is InChI=1S/C14H22FN3O/c1-11(2)16-9-12-8-13(15)10-17-14(12)18-4-3-6-19-7-5-18/h8,10-11,16H,3-7,9H2,1-2H3. The molecule has 0 spiro atoms. The molecule has 0 bridgehead atoms. The van der Waals surface area contributed by atoms with Crippen molar-refractivity contribution in [1.82, 2.24) is 10.3 Å². The summed E-state index contributed by atoms with van der Waals surface area (Å²) in [6.07, 6.45) is 2.27.